The van der Waals surface area contributed by atoms with Crippen LogP contribution < -0.4 is 10.6 Å². The molecule has 0 unspecified atom stereocenters. The number of carbonyl (C=O) groups excluding carboxylic acids is 2. The van der Waals surface area contributed by atoms with Gasteiger partial charge >= 0.3 is 0 Å². The van der Waals surface area contributed by atoms with Crippen LogP contribution in [0.2, 0.25) is 0 Å². The molecule has 0 aromatic heterocycles. The second-order valence-electron chi connectivity index (χ2n) is 6.10. The van der Waals surface area contributed by atoms with Crippen molar-refractivity contribution in [2.75, 3.05) is 5.32 Å². The summed E-state index contributed by atoms with van der Waals surface area (Å²) < 4.78 is 0. The molecule has 0 heterocycles. The van der Waals surface area contributed by atoms with E-state index in [4.69, 9.17) is 0 Å². The maximum atomic E-state index is 12.4. The van der Waals surface area contributed by atoms with E-state index in [1.165, 1.54) is 6.08 Å². The highest BCUT2D eigenvalue weighted by atomic mass is 16.2. The molecule has 1 aromatic rings. The zero-order valence-electron chi connectivity index (χ0n) is 13.3. The molecule has 1 aliphatic rings. The predicted molar refractivity (Wildman–Crippen MR) is 88.7 cm³/mol. The number of nitrogens with zero attached hydrogens (tertiary/aromatic N) is 1. The van der Waals surface area contributed by atoms with Crippen LogP contribution in [0.25, 0.3) is 0 Å². The van der Waals surface area contributed by atoms with Crippen molar-refractivity contribution in [3.63, 3.8) is 0 Å². The number of hydrogen-bond acceptors (Lipinski definition) is 3. The van der Waals surface area contributed by atoms with Crippen molar-refractivity contribution in [2.45, 2.75) is 38.1 Å². The summed E-state index contributed by atoms with van der Waals surface area (Å²) in [6, 6.07) is 8.84. The summed E-state index contributed by atoms with van der Waals surface area (Å²) in [6.07, 6.45) is 4.44. The highest BCUT2D eigenvalue weighted by Gasteiger charge is 2.35. The Bertz CT molecular complexity index is 635. The molecule has 120 valence electrons. The first-order valence-electron chi connectivity index (χ1n) is 7.75. The van der Waals surface area contributed by atoms with Crippen molar-refractivity contribution in [1.82, 2.24) is 5.32 Å². The van der Waals surface area contributed by atoms with Crippen molar-refractivity contribution >= 4 is 17.5 Å². The number of amides is 2. The van der Waals surface area contributed by atoms with Gasteiger partial charge in [0.15, 0.2) is 0 Å². The molecular formula is C18H21N3O2. The SMILES string of the molecule is C=CC(=O)Nc1ccc(C(=O)NC2(C#N)CCC(C)CC2)cc1. The van der Waals surface area contributed by atoms with Crippen LogP contribution in [-0.2, 0) is 4.79 Å². The molecule has 2 N–H and O–H groups in total. The van der Waals surface area contributed by atoms with Crippen molar-refractivity contribution in [2.24, 2.45) is 5.92 Å². The van der Waals surface area contributed by atoms with Gasteiger partial charge in [0.1, 0.15) is 5.54 Å². The molecule has 0 aliphatic heterocycles. The zero-order valence-corrected chi connectivity index (χ0v) is 13.3. The zero-order chi connectivity index (χ0) is 16.9. The molecule has 0 spiro atoms. The fourth-order valence-corrected chi connectivity index (χ4v) is 2.71. The van der Waals surface area contributed by atoms with Crippen LogP contribution in [0.15, 0.2) is 36.9 Å². The van der Waals surface area contributed by atoms with E-state index in [0.29, 0.717) is 30.0 Å². The Kier molecular flexibility index (Phi) is 5.17. The molecule has 2 amide bonds. The van der Waals surface area contributed by atoms with Gasteiger partial charge in [-0.1, -0.05) is 13.5 Å². The summed E-state index contributed by atoms with van der Waals surface area (Å²) in [5.41, 5.74) is 0.294. The van der Waals surface area contributed by atoms with Crippen LogP contribution in [0.3, 0.4) is 0 Å². The molecule has 1 fully saturated rings. The first kappa shape index (κ1) is 16.8. The Morgan fingerprint density at radius 1 is 1.30 bits per heavy atom. The summed E-state index contributed by atoms with van der Waals surface area (Å²) in [6.45, 7) is 5.55. The van der Waals surface area contributed by atoms with Crippen LogP contribution >= 0.6 is 0 Å². The van der Waals surface area contributed by atoms with Crippen LogP contribution in [0.1, 0.15) is 43.0 Å². The molecule has 0 saturated heterocycles. The van der Waals surface area contributed by atoms with Crippen LogP contribution in [0.4, 0.5) is 5.69 Å². The van der Waals surface area contributed by atoms with E-state index >= 15 is 0 Å². The average molecular weight is 311 g/mol. The summed E-state index contributed by atoms with van der Waals surface area (Å²) in [7, 11) is 0. The second-order valence-corrected chi connectivity index (χ2v) is 6.10. The molecular weight excluding hydrogens is 290 g/mol. The van der Waals surface area contributed by atoms with Gasteiger partial charge < -0.3 is 10.6 Å². The maximum absolute atomic E-state index is 12.4. The number of carbonyl (C=O) groups is 2. The van der Waals surface area contributed by atoms with Crippen molar-refractivity contribution in [1.29, 1.82) is 5.26 Å². The fraction of sp³-hybridized carbons (Fsp3) is 0.389. The standard InChI is InChI=1S/C18H21N3O2/c1-3-16(22)20-15-6-4-14(5-7-15)17(23)21-18(12-19)10-8-13(2)9-11-18/h3-7,13H,1,8-11H2,2H3,(H,20,22)(H,21,23). The van der Waals surface area contributed by atoms with Gasteiger partial charge in [0.05, 0.1) is 6.07 Å². The minimum absolute atomic E-state index is 0.261. The minimum atomic E-state index is -0.765. The van der Waals surface area contributed by atoms with Gasteiger partial charge in [0.2, 0.25) is 5.91 Å². The molecule has 0 atom stereocenters. The third-order valence-corrected chi connectivity index (χ3v) is 4.29. The smallest absolute Gasteiger partial charge is 0.252 e. The molecule has 5 nitrogen and oxygen atoms in total. The van der Waals surface area contributed by atoms with Gasteiger partial charge in [-0.3, -0.25) is 9.59 Å². The number of anilines is 1. The number of benzene rings is 1. The molecule has 1 aliphatic carbocycles. The van der Waals surface area contributed by atoms with E-state index in [-0.39, 0.29) is 11.8 Å². The lowest BCUT2D eigenvalue weighted by Crippen LogP contribution is -2.49. The third kappa shape index (κ3) is 4.19. The molecule has 1 saturated carbocycles. The van der Waals surface area contributed by atoms with Crippen LogP contribution in [0, 0.1) is 17.2 Å². The number of hydrogen-bond donors (Lipinski definition) is 2. The Balaban J connectivity index is 2.04. The van der Waals surface area contributed by atoms with Gasteiger partial charge in [0, 0.05) is 11.3 Å². The molecule has 0 bridgehead atoms. The molecule has 2 rings (SSSR count). The highest BCUT2D eigenvalue weighted by molar-refractivity contribution is 5.99. The van der Waals surface area contributed by atoms with Crippen LogP contribution in [-0.4, -0.2) is 17.4 Å². The largest absolute Gasteiger partial charge is 0.334 e. The van der Waals surface area contributed by atoms with E-state index in [0.717, 1.165) is 12.8 Å². The van der Waals surface area contributed by atoms with E-state index < -0.39 is 5.54 Å². The normalized spacial score (nSPS) is 23.4. The van der Waals surface area contributed by atoms with E-state index in [1.807, 2.05) is 0 Å². The molecule has 1 aromatic carbocycles. The Hall–Kier alpha value is -2.61. The minimum Gasteiger partial charge on any atom is -0.334 e. The van der Waals surface area contributed by atoms with Crippen molar-refractivity contribution in [3.8, 4) is 6.07 Å². The number of rotatable bonds is 4. The molecule has 0 radical (unpaired) electrons. The summed E-state index contributed by atoms with van der Waals surface area (Å²) in [4.78, 5) is 23.6. The van der Waals surface area contributed by atoms with Crippen LogP contribution in [0.5, 0.6) is 0 Å². The lowest BCUT2D eigenvalue weighted by Gasteiger charge is -2.34. The van der Waals surface area contributed by atoms with E-state index in [9.17, 15) is 14.9 Å². The quantitative estimate of drug-likeness (QED) is 0.839. The molecule has 5 heteroatoms. The van der Waals surface area contributed by atoms with Gasteiger partial charge in [0.25, 0.3) is 5.91 Å². The Morgan fingerprint density at radius 3 is 2.43 bits per heavy atom. The fourth-order valence-electron chi connectivity index (χ4n) is 2.71. The van der Waals surface area contributed by atoms with Crippen molar-refractivity contribution < 1.29 is 9.59 Å². The first-order valence-corrected chi connectivity index (χ1v) is 7.75. The lowest BCUT2D eigenvalue weighted by atomic mass is 9.78. The maximum Gasteiger partial charge on any atom is 0.252 e. The van der Waals surface area contributed by atoms with Gasteiger partial charge in [-0.25, -0.2) is 0 Å². The topological polar surface area (TPSA) is 82.0 Å². The van der Waals surface area contributed by atoms with Gasteiger partial charge in [-0.2, -0.15) is 5.26 Å². The summed E-state index contributed by atoms with van der Waals surface area (Å²) in [5.74, 6) is 0.0331. The summed E-state index contributed by atoms with van der Waals surface area (Å²) >= 11 is 0. The van der Waals surface area contributed by atoms with Crippen molar-refractivity contribution in [3.05, 3.63) is 42.5 Å². The highest BCUT2D eigenvalue weighted by Crippen LogP contribution is 2.31. The average Bonchev–Trinajstić information content (AvgIpc) is 2.57. The third-order valence-electron chi connectivity index (χ3n) is 4.29. The summed E-state index contributed by atoms with van der Waals surface area (Å²) in [5, 5.41) is 15.0. The van der Waals surface area contributed by atoms with E-state index in [2.05, 4.69) is 30.2 Å². The predicted octanol–water partition coefficient (Wildman–Crippen LogP) is 3.01. The van der Waals surface area contributed by atoms with E-state index in [1.54, 1.807) is 24.3 Å². The number of nitrogens with one attached hydrogen (secondary N) is 2. The second kappa shape index (κ2) is 7.10. The monoisotopic (exact) mass is 311 g/mol. The Labute approximate surface area is 136 Å². The first-order chi connectivity index (χ1) is 11.0. The lowest BCUT2D eigenvalue weighted by molar-refractivity contribution is -0.111. The van der Waals surface area contributed by atoms with Gasteiger partial charge in [-0.05, 0) is 61.9 Å². The Morgan fingerprint density at radius 2 is 1.91 bits per heavy atom. The molecule has 23 heavy (non-hydrogen) atoms. The number of nitriles is 1. The van der Waals surface area contributed by atoms with Gasteiger partial charge in [-0.15, -0.1) is 0 Å².